The summed E-state index contributed by atoms with van der Waals surface area (Å²) < 4.78 is 14.4. The van der Waals surface area contributed by atoms with Crippen LogP contribution >= 0.6 is 70.0 Å². The topological polar surface area (TPSA) is 0 Å². The molecule has 0 spiro atoms. The molecule has 6 rings (SSSR count). The fraction of sp³-hybridized carbons (Fsp3) is 0.383. The van der Waals surface area contributed by atoms with E-state index in [2.05, 4.69) is 213 Å². The number of fused-ring (bicyclic) bond motifs is 3. The van der Waals surface area contributed by atoms with E-state index in [0.717, 1.165) is 12.8 Å². The van der Waals surface area contributed by atoms with Crippen molar-refractivity contribution in [2.45, 2.75) is 118 Å². The second-order valence-corrected chi connectivity index (χ2v) is 34.5. The summed E-state index contributed by atoms with van der Waals surface area (Å²) in [6, 6.07) is 26.9. The average molecular weight is 1040 g/mol. The summed E-state index contributed by atoms with van der Waals surface area (Å²) in [4.78, 5) is 0. The molecule has 0 nitrogen and oxygen atoms in total. The van der Waals surface area contributed by atoms with Crippen molar-refractivity contribution < 1.29 is 18.3 Å². The summed E-state index contributed by atoms with van der Waals surface area (Å²) in [6.45, 7) is 28.9. The summed E-state index contributed by atoms with van der Waals surface area (Å²) in [5.41, 5.74) is 11.7. The van der Waals surface area contributed by atoms with Crippen molar-refractivity contribution in [1.82, 2.24) is 0 Å². The summed E-state index contributed by atoms with van der Waals surface area (Å²) in [5.74, 6) is 0. The SMILES string of the molecule is Cl.Cl.[CH2]=[Zr]([C]1=CC=CC1)([c]1ccc(I)cc1)([c]1ccc(I)cc1)[c]1c2c(cc(C(C)(C)C)c1C(C)(C)C)-c1cc(C(C)(C)C)c(C(C)(C)C)cc1C2. The van der Waals surface area contributed by atoms with Crippen molar-refractivity contribution >= 4 is 84.0 Å². The van der Waals surface area contributed by atoms with Crippen LogP contribution < -0.4 is 9.81 Å². The van der Waals surface area contributed by atoms with Crippen LogP contribution in [0.3, 0.4) is 0 Å². The van der Waals surface area contributed by atoms with Gasteiger partial charge in [0.25, 0.3) is 0 Å². The van der Waals surface area contributed by atoms with Crippen LogP contribution in [-0.4, -0.2) is 4.21 Å². The molecule has 0 heterocycles. The number of benzene rings is 4. The molecule has 0 saturated heterocycles. The second-order valence-electron chi connectivity index (χ2n) is 19.2. The Morgan fingerprint density at radius 3 is 1.42 bits per heavy atom. The van der Waals surface area contributed by atoms with Gasteiger partial charge in [-0.15, -0.1) is 24.8 Å². The minimum atomic E-state index is -5.02. The Kier molecular flexibility index (Phi) is 12.3. The molecule has 0 bridgehead atoms. The van der Waals surface area contributed by atoms with Crippen molar-refractivity contribution in [2.24, 2.45) is 0 Å². The Balaban J connectivity index is 0.00000302. The van der Waals surface area contributed by atoms with E-state index in [-0.39, 0.29) is 46.5 Å². The molecular formula is C47H58Cl2I2Zr. The zero-order valence-electron chi connectivity index (χ0n) is 33.3. The molecule has 0 aromatic heterocycles. The summed E-state index contributed by atoms with van der Waals surface area (Å²) in [7, 11) is 0. The van der Waals surface area contributed by atoms with Gasteiger partial charge < -0.3 is 0 Å². The molecule has 4 aromatic rings. The van der Waals surface area contributed by atoms with Gasteiger partial charge in [-0.05, 0) is 0 Å². The van der Waals surface area contributed by atoms with Gasteiger partial charge in [-0.1, -0.05) is 0 Å². The first-order valence-electron chi connectivity index (χ1n) is 18.3. The van der Waals surface area contributed by atoms with Crippen LogP contribution in [0.15, 0.2) is 88.2 Å². The molecule has 0 fully saturated rings. The molecule has 0 atom stereocenters. The quantitative estimate of drug-likeness (QED) is 0.157. The van der Waals surface area contributed by atoms with Gasteiger partial charge in [0.05, 0.1) is 0 Å². The molecule has 0 aliphatic heterocycles. The number of hydrogen-bond donors (Lipinski definition) is 0. The van der Waals surface area contributed by atoms with Gasteiger partial charge in [0, 0.05) is 0 Å². The van der Waals surface area contributed by atoms with Crippen LogP contribution in [0.2, 0.25) is 0 Å². The van der Waals surface area contributed by atoms with Gasteiger partial charge in [-0.25, -0.2) is 0 Å². The third-order valence-corrected chi connectivity index (χ3v) is 29.3. The standard InChI is InChI=1S/C29H41.2C6H4I.C5H5.CH2.2ClH.Zr/c1-26(2,3)22-14-18-13-19-15-23(27(4,5)6)25(29(10,11)12)17-21(19)20(18)16-24(22)28(7,8)9;2*7-6-4-2-1-3-5-6;1-2-4-5-3-1;;;;/h14,16-17H,13H2,1-12H3;2*2-5H;1-3H,4H2;1H2;2*1H;. The van der Waals surface area contributed by atoms with Crippen LogP contribution in [0.1, 0.15) is 123 Å². The van der Waals surface area contributed by atoms with E-state index in [1.165, 1.54) is 61.5 Å². The van der Waals surface area contributed by atoms with Crippen molar-refractivity contribution in [2.75, 3.05) is 0 Å². The van der Waals surface area contributed by atoms with Crippen LogP contribution in [0.5, 0.6) is 0 Å². The van der Waals surface area contributed by atoms with Crippen molar-refractivity contribution in [1.29, 1.82) is 0 Å². The molecule has 2 aliphatic carbocycles. The van der Waals surface area contributed by atoms with E-state index in [1.54, 1.807) is 3.27 Å². The van der Waals surface area contributed by atoms with Gasteiger partial charge in [0.2, 0.25) is 0 Å². The first-order chi connectivity index (χ1) is 23.0. The number of allylic oxidation sites excluding steroid dienone is 4. The van der Waals surface area contributed by atoms with Gasteiger partial charge in [0.1, 0.15) is 0 Å². The molecule has 0 N–H and O–H groups in total. The molecule has 0 radical (unpaired) electrons. The summed E-state index contributed by atoms with van der Waals surface area (Å²) >= 11 is -0.0781. The van der Waals surface area contributed by atoms with Crippen molar-refractivity contribution in [3.63, 3.8) is 0 Å². The van der Waals surface area contributed by atoms with E-state index in [4.69, 9.17) is 4.21 Å². The van der Waals surface area contributed by atoms with E-state index in [0.29, 0.717) is 0 Å². The predicted octanol–water partition coefficient (Wildman–Crippen LogP) is 12.7. The first kappa shape index (κ1) is 43.9. The van der Waals surface area contributed by atoms with Crippen LogP contribution in [0, 0.1) is 7.14 Å². The molecule has 278 valence electrons. The zero-order chi connectivity index (χ0) is 36.8. The van der Waals surface area contributed by atoms with Gasteiger partial charge in [-0.3, -0.25) is 0 Å². The maximum atomic E-state index is 5.90. The van der Waals surface area contributed by atoms with Gasteiger partial charge in [-0.2, -0.15) is 0 Å². The molecule has 5 heteroatoms. The van der Waals surface area contributed by atoms with E-state index in [1.807, 2.05) is 0 Å². The third-order valence-electron chi connectivity index (χ3n) is 11.5. The zero-order valence-corrected chi connectivity index (χ0v) is 41.7. The Morgan fingerprint density at radius 1 is 0.577 bits per heavy atom. The fourth-order valence-corrected chi connectivity index (χ4v) is 26.4. The van der Waals surface area contributed by atoms with Crippen LogP contribution in [0.4, 0.5) is 0 Å². The molecule has 52 heavy (non-hydrogen) atoms. The molecular weight excluding hydrogens is 980 g/mol. The molecule has 0 unspecified atom stereocenters. The number of halogens is 4. The summed E-state index contributed by atoms with van der Waals surface area (Å²) in [6.07, 6.45) is 9.03. The van der Waals surface area contributed by atoms with E-state index < -0.39 is 18.3 Å². The normalized spacial score (nSPS) is 14.7. The van der Waals surface area contributed by atoms with Crippen LogP contribution in [-0.2, 0) is 46.4 Å². The third kappa shape index (κ3) is 7.16. The first-order valence-corrected chi connectivity index (χ1v) is 27.1. The molecule has 2 aliphatic rings. The molecule has 0 amide bonds. The second kappa shape index (κ2) is 14.6. The van der Waals surface area contributed by atoms with E-state index in [9.17, 15) is 0 Å². The Hall–Kier alpha value is -0.847. The summed E-state index contributed by atoms with van der Waals surface area (Å²) in [5, 5.41) is 0. The number of rotatable bonds is 4. The predicted molar refractivity (Wildman–Crippen MR) is 250 cm³/mol. The van der Waals surface area contributed by atoms with Gasteiger partial charge >= 0.3 is 335 Å². The monoisotopic (exact) mass is 1040 g/mol. The fourth-order valence-electron chi connectivity index (χ4n) is 9.08. The molecule has 4 aromatic carbocycles. The van der Waals surface area contributed by atoms with Crippen molar-refractivity contribution in [3.8, 4) is 11.1 Å². The molecule has 0 saturated carbocycles. The van der Waals surface area contributed by atoms with Crippen LogP contribution in [0.25, 0.3) is 11.1 Å². The van der Waals surface area contributed by atoms with Crippen molar-refractivity contribution in [3.05, 3.63) is 129 Å². The van der Waals surface area contributed by atoms with Gasteiger partial charge in [0.15, 0.2) is 0 Å². The number of hydrogen-bond acceptors (Lipinski definition) is 0. The average Bonchev–Trinajstić information content (AvgIpc) is 3.67. The maximum absolute atomic E-state index is 5.90. The Labute approximate surface area is 355 Å². The Morgan fingerprint density at radius 2 is 1.02 bits per heavy atom. The van der Waals surface area contributed by atoms with E-state index >= 15 is 0 Å². The Bertz CT molecular complexity index is 2090. The minimum absolute atomic E-state index is 0.